The lowest BCUT2D eigenvalue weighted by Gasteiger charge is -2.27. The molecular formula is C15H21NO2. The molecule has 1 saturated carbocycles. The number of methoxy groups -OCH3 is 1. The Morgan fingerprint density at radius 2 is 2.11 bits per heavy atom. The highest BCUT2D eigenvalue weighted by Crippen LogP contribution is 2.24. The van der Waals surface area contributed by atoms with E-state index in [1.165, 1.54) is 12.8 Å². The van der Waals surface area contributed by atoms with E-state index in [1.54, 1.807) is 13.2 Å². The van der Waals surface area contributed by atoms with Crippen LogP contribution in [0.25, 0.3) is 0 Å². The lowest BCUT2D eigenvalue weighted by atomic mass is 9.87. The van der Waals surface area contributed by atoms with Gasteiger partial charge in [-0.25, -0.2) is 0 Å². The molecule has 1 fully saturated rings. The van der Waals surface area contributed by atoms with Crippen LogP contribution in [0.3, 0.4) is 0 Å². The van der Waals surface area contributed by atoms with Crippen LogP contribution in [0.15, 0.2) is 24.3 Å². The molecule has 0 radical (unpaired) electrons. The second-order valence-corrected chi connectivity index (χ2v) is 5.14. The zero-order valence-electron chi connectivity index (χ0n) is 11.1. The van der Waals surface area contributed by atoms with Crippen LogP contribution in [-0.4, -0.2) is 19.1 Å². The summed E-state index contributed by atoms with van der Waals surface area (Å²) in [4.78, 5) is 12.2. The molecule has 1 aromatic carbocycles. The minimum atomic E-state index is -0.0217. The minimum Gasteiger partial charge on any atom is -0.496 e. The summed E-state index contributed by atoms with van der Waals surface area (Å²) in [5.74, 6) is 1.33. The first-order valence-electron chi connectivity index (χ1n) is 6.64. The molecule has 3 nitrogen and oxygen atoms in total. The molecule has 2 rings (SSSR count). The summed E-state index contributed by atoms with van der Waals surface area (Å²) in [6, 6.07) is 7.67. The monoisotopic (exact) mass is 247 g/mol. The van der Waals surface area contributed by atoms with Gasteiger partial charge in [0.25, 0.3) is 5.91 Å². The molecule has 0 spiro atoms. The molecule has 0 heterocycles. The van der Waals surface area contributed by atoms with Crippen LogP contribution in [0.4, 0.5) is 0 Å². The predicted molar refractivity (Wildman–Crippen MR) is 71.9 cm³/mol. The van der Waals surface area contributed by atoms with E-state index in [2.05, 4.69) is 12.2 Å². The van der Waals surface area contributed by atoms with Crippen molar-refractivity contribution in [1.29, 1.82) is 0 Å². The summed E-state index contributed by atoms with van der Waals surface area (Å²) in [6.45, 7) is 2.25. The lowest BCUT2D eigenvalue weighted by molar-refractivity contribution is 0.0918. The Kier molecular flexibility index (Phi) is 4.24. The topological polar surface area (TPSA) is 38.3 Å². The fraction of sp³-hybridized carbons (Fsp3) is 0.533. The molecule has 1 N–H and O–H groups in total. The summed E-state index contributed by atoms with van der Waals surface area (Å²) in [5, 5.41) is 3.12. The normalized spacial score (nSPS) is 23.4. The molecule has 0 aromatic heterocycles. The minimum absolute atomic E-state index is 0.0217. The first-order chi connectivity index (χ1) is 8.70. The van der Waals surface area contributed by atoms with Crippen molar-refractivity contribution in [2.24, 2.45) is 5.92 Å². The largest absolute Gasteiger partial charge is 0.496 e. The molecule has 0 unspecified atom stereocenters. The number of amides is 1. The summed E-state index contributed by atoms with van der Waals surface area (Å²) >= 11 is 0. The Morgan fingerprint density at radius 3 is 2.83 bits per heavy atom. The highest BCUT2D eigenvalue weighted by molar-refractivity contribution is 5.97. The molecule has 1 aliphatic carbocycles. The number of hydrogen-bond acceptors (Lipinski definition) is 2. The second kappa shape index (κ2) is 5.89. The van der Waals surface area contributed by atoms with E-state index in [4.69, 9.17) is 4.74 Å². The maximum atomic E-state index is 12.2. The smallest absolute Gasteiger partial charge is 0.255 e. The third-order valence-electron chi connectivity index (χ3n) is 3.62. The van der Waals surface area contributed by atoms with Gasteiger partial charge in [-0.3, -0.25) is 4.79 Å². The van der Waals surface area contributed by atoms with Crippen molar-refractivity contribution in [3.8, 4) is 5.75 Å². The van der Waals surface area contributed by atoms with Gasteiger partial charge in [-0.1, -0.05) is 31.9 Å². The van der Waals surface area contributed by atoms with Crippen LogP contribution in [0.5, 0.6) is 5.75 Å². The van der Waals surface area contributed by atoms with Crippen LogP contribution >= 0.6 is 0 Å². The fourth-order valence-electron chi connectivity index (χ4n) is 2.66. The first-order valence-corrected chi connectivity index (χ1v) is 6.64. The van der Waals surface area contributed by atoms with Crippen LogP contribution < -0.4 is 10.1 Å². The zero-order chi connectivity index (χ0) is 13.0. The number of hydrogen-bond donors (Lipinski definition) is 1. The van der Waals surface area contributed by atoms with Gasteiger partial charge in [-0.2, -0.15) is 0 Å². The van der Waals surface area contributed by atoms with E-state index in [1.807, 2.05) is 18.2 Å². The van der Waals surface area contributed by atoms with Gasteiger partial charge in [0.05, 0.1) is 12.7 Å². The summed E-state index contributed by atoms with van der Waals surface area (Å²) in [6.07, 6.45) is 4.66. The van der Waals surface area contributed by atoms with Crippen molar-refractivity contribution in [2.45, 2.75) is 38.6 Å². The number of ether oxygens (including phenoxy) is 1. The zero-order valence-corrected chi connectivity index (χ0v) is 11.1. The molecule has 1 aliphatic rings. The second-order valence-electron chi connectivity index (χ2n) is 5.14. The van der Waals surface area contributed by atoms with E-state index < -0.39 is 0 Å². The van der Waals surface area contributed by atoms with Gasteiger partial charge in [-0.15, -0.1) is 0 Å². The summed E-state index contributed by atoms with van der Waals surface area (Å²) in [7, 11) is 1.59. The van der Waals surface area contributed by atoms with E-state index in [-0.39, 0.29) is 5.91 Å². The number of benzene rings is 1. The molecule has 0 aliphatic heterocycles. The van der Waals surface area contributed by atoms with E-state index in [0.29, 0.717) is 23.3 Å². The van der Waals surface area contributed by atoms with Gasteiger partial charge >= 0.3 is 0 Å². The van der Waals surface area contributed by atoms with E-state index >= 15 is 0 Å². The van der Waals surface area contributed by atoms with Crippen molar-refractivity contribution in [1.82, 2.24) is 5.32 Å². The maximum absolute atomic E-state index is 12.2. The molecule has 18 heavy (non-hydrogen) atoms. The molecule has 0 bridgehead atoms. The number of para-hydroxylation sites is 1. The number of rotatable bonds is 3. The van der Waals surface area contributed by atoms with E-state index in [0.717, 1.165) is 12.8 Å². The van der Waals surface area contributed by atoms with Gasteiger partial charge in [0.15, 0.2) is 0 Å². The van der Waals surface area contributed by atoms with Crippen LogP contribution in [0, 0.1) is 5.92 Å². The highest BCUT2D eigenvalue weighted by Gasteiger charge is 2.21. The van der Waals surface area contributed by atoms with Crippen molar-refractivity contribution in [3.05, 3.63) is 29.8 Å². The molecule has 1 aromatic rings. The summed E-state index contributed by atoms with van der Waals surface area (Å²) < 4.78 is 5.22. The first kappa shape index (κ1) is 12.9. The van der Waals surface area contributed by atoms with Gasteiger partial charge in [-0.05, 0) is 30.9 Å². The van der Waals surface area contributed by atoms with Crippen LogP contribution in [0.1, 0.15) is 43.0 Å². The Balaban J connectivity index is 2.03. The van der Waals surface area contributed by atoms with E-state index in [9.17, 15) is 4.79 Å². The van der Waals surface area contributed by atoms with Gasteiger partial charge in [0.2, 0.25) is 0 Å². The van der Waals surface area contributed by atoms with Gasteiger partial charge in [0.1, 0.15) is 5.75 Å². The van der Waals surface area contributed by atoms with Crippen molar-refractivity contribution in [3.63, 3.8) is 0 Å². The average molecular weight is 247 g/mol. The third-order valence-corrected chi connectivity index (χ3v) is 3.62. The molecular weight excluding hydrogens is 226 g/mol. The Morgan fingerprint density at radius 1 is 1.33 bits per heavy atom. The molecule has 98 valence electrons. The quantitative estimate of drug-likeness (QED) is 0.891. The molecule has 2 atom stereocenters. The third kappa shape index (κ3) is 3.03. The Hall–Kier alpha value is -1.51. The lowest BCUT2D eigenvalue weighted by Crippen LogP contribution is -2.38. The van der Waals surface area contributed by atoms with Crippen molar-refractivity contribution in [2.75, 3.05) is 7.11 Å². The van der Waals surface area contributed by atoms with Gasteiger partial charge in [0, 0.05) is 6.04 Å². The molecule has 0 saturated heterocycles. The highest BCUT2D eigenvalue weighted by atomic mass is 16.5. The maximum Gasteiger partial charge on any atom is 0.255 e. The number of carbonyl (C=O) groups excluding carboxylic acids is 1. The van der Waals surface area contributed by atoms with Crippen LogP contribution in [0.2, 0.25) is 0 Å². The Labute approximate surface area is 109 Å². The number of nitrogens with one attached hydrogen (secondary N) is 1. The van der Waals surface area contributed by atoms with Crippen molar-refractivity contribution >= 4 is 5.91 Å². The SMILES string of the molecule is COc1ccccc1C(=O)N[C@@H]1CCC[C@H](C)C1. The molecule has 3 heteroatoms. The number of carbonyl (C=O) groups is 1. The van der Waals surface area contributed by atoms with Crippen molar-refractivity contribution < 1.29 is 9.53 Å². The molecule has 1 amide bonds. The fourth-order valence-corrected chi connectivity index (χ4v) is 2.66. The van der Waals surface area contributed by atoms with Crippen LogP contribution in [-0.2, 0) is 0 Å². The standard InChI is InChI=1S/C15H21NO2/c1-11-6-5-7-12(10-11)16-15(17)13-8-3-4-9-14(13)18-2/h3-4,8-9,11-12H,5-7,10H2,1-2H3,(H,16,17)/t11-,12+/m0/s1. The summed E-state index contributed by atoms with van der Waals surface area (Å²) in [5.41, 5.74) is 0.623. The predicted octanol–water partition coefficient (Wildman–Crippen LogP) is 3.00. The van der Waals surface area contributed by atoms with Gasteiger partial charge < -0.3 is 10.1 Å². The average Bonchev–Trinajstić information content (AvgIpc) is 2.38. The Bertz CT molecular complexity index is 417.